The maximum atomic E-state index is 6.19. The van der Waals surface area contributed by atoms with E-state index in [1.54, 1.807) is 0 Å². The number of nitrogens with zero attached hydrogens (tertiary/aromatic N) is 2. The summed E-state index contributed by atoms with van der Waals surface area (Å²) in [7, 11) is 0. The summed E-state index contributed by atoms with van der Waals surface area (Å²) in [6.45, 7) is 6.42. The lowest BCUT2D eigenvalue weighted by molar-refractivity contribution is 0.0864. The largest absolute Gasteiger partial charge is 0.327 e. The first-order chi connectivity index (χ1) is 8.83. The van der Waals surface area contributed by atoms with Crippen LogP contribution in [0.3, 0.4) is 0 Å². The average molecular weight is 251 g/mol. The molecule has 2 saturated carbocycles. The monoisotopic (exact) mass is 251 g/mol. The molecule has 3 aliphatic rings. The van der Waals surface area contributed by atoms with Gasteiger partial charge >= 0.3 is 0 Å². The van der Waals surface area contributed by atoms with E-state index in [-0.39, 0.29) is 0 Å². The second kappa shape index (κ2) is 5.89. The van der Waals surface area contributed by atoms with Crippen molar-refractivity contribution in [1.29, 1.82) is 0 Å². The van der Waals surface area contributed by atoms with Crippen LogP contribution in [0.15, 0.2) is 0 Å². The number of nitrogens with two attached hydrogens (primary N) is 1. The van der Waals surface area contributed by atoms with Crippen molar-refractivity contribution in [2.75, 3.05) is 32.7 Å². The van der Waals surface area contributed by atoms with E-state index in [4.69, 9.17) is 5.73 Å². The summed E-state index contributed by atoms with van der Waals surface area (Å²) < 4.78 is 0. The van der Waals surface area contributed by atoms with Gasteiger partial charge in [-0.2, -0.15) is 0 Å². The summed E-state index contributed by atoms with van der Waals surface area (Å²) >= 11 is 0. The van der Waals surface area contributed by atoms with Gasteiger partial charge in [0, 0.05) is 44.8 Å². The first-order valence-corrected chi connectivity index (χ1v) is 8.05. The third-order valence-corrected chi connectivity index (χ3v) is 5.46. The van der Waals surface area contributed by atoms with Crippen molar-refractivity contribution in [3.05, 3.63) is 0 Å². The third-order valence-electron chi connectivity index (χ3n) is 5.46. The molecule has 1 aliphatic heterocycles. The van der Waals surface area contributed by atoms with E-state index in [9.17, 15) is 0 Å². The zero-order valence-corrected chi connectivity index (χ0v) is 11.7. The third kappa shape index (κ3) is 2.89. The van der Waals surface area contributed by atoms with Crippen molar-refractivity contribution in [3.8, 4) is 0 Å². The van der Waals surface area contributed by atoms with Crippen LogP contribution in [0.4, 0.5) is 0 Å². The SMILES string of the molecule is NC1CCCC1CN1CCN(C2CCCC2)CC1. The Morgan fingerprint density at radius 1 is 0.833 bits per heavy atom. The topological polar surface area (TPSA) is 32.5 Å². The fourth-order valence-corrected chi connectivity index (χ4v) is 4.20. The summed E-state index contributed by atoms with van der Waals surface area (Å²) in [6.07, 6.45) is 9.80. The molecule has 0 spiro atoms. The van der Waals surface area contributed by atoms with Gasteiger partial charge in [-0.1, -0.05) is 19.3 Å². The lowest BCUT2D eigenvalue weighted by atomic mass is 10.0. The molecule has 18 heavy (non-hydrogen) atoms. The van der Waals surface area contributed by atoms with Crippen LogP contribution in [-0.2, 0) is 0 Å². The van der Waals surface area contributed by atoms with E-state index in [2.05, 4.69) is 9.80 Å². The zero-order valence-electron chi connectivity index (χ0n) is 11.7. The van der Waals surface area contributed by atoms with Gasteiger partial charge in [0.2, 0.25) is 0 Å². The minimum absolute atomic E-state index is 0.484. The quantitative estimate of drug-likeness (QED) is 0.828. The van der Waals surface area contributed by atoms with Crippen molar-refractivity contribution < 1.29 is 0 Å². The molecule has 3 fully saturated rings. The molecular weight excluding hydrogens is 222 g/mol. The Hall–Kier alpha value is -0.120. The molecule has 0 aromatic carbocycles. The molecule has 3 heteroatoms. The number of piperazine rings is 1. The Labute approximate surface area is 112 Å². The predicted octanol–water partition coefficient (Wildman–Crippen LogP) is 1.67. The summed E-state index contributed by atoms with van der Waals surface area (Å²) in [4.78, 5) is 5.42. The highest BCUT2D eigenvalue weighted by atomic mass is 15.3. The van der Waals surface area contributed by atoms with Crippen molar-refractivity contribution in [2.24, 2.45) is 11.7 Å². The van der Waals surface area contributed by atoms with Crippen LogP contribution in [0.25, 0.3) is 0 Å². The maximum absolute atomic E-state index is 6.19. The number of hydrogen-bond donors (Lipinski definition) is 1. The molecular formula is C15H29N3. The van der Waals surface area contributed by atoms with Crippen LogP contribution in [0.5, 0.6) is 0 Å². The number of hydrogen-bond acceptors (Lipinski definition) is 3. The molecule has 0 aromatic heterocycles. The first-order valence-electron chi connectivity index (χ1n) is 8.05. The minimum Gasteiger partial charge on any atom is -0.327 e. The van der Waals surface area contributed by atoms with Gasteiger partial charge in [0.25, 0.3) is 0 Å². The van der Waals surface area contributed by atoms with Crippen LogP contribution >= 0.6 is 0 Å². The molecule has 2 unspecified atom stereocenters. The second-order valence-corrected chi connectivity index (χ2v) is 6.63. The lowest BCUT2D eigenvalue weighted by Crippen LogP contribution is -2.51. The maximum Gasteiger partial charge on any atom is 0.0113 e. The summed E-state index contributed by atoms with van der Waals surface area (Å²) in [5.41, 5.74) is 6.19. The molecule has 104 valence electrons. The summed E-state index contributed by atoms with van der Waals surface area (Å²) in [5.74, 6) is 0.781. The molecule has 0 amide bonds. The van der Waals surface area contributed by atoms with Gasteiger partial charge in [0.1, 0.15) is 0 Å². The van der Waals surface area contributed by atoms with Crippen LogP contribution in [-0.4, -0.2) is 54.6 Å². The van der Waals surface area contributed by atoms with E-state index in [1.165, 1.54) is 77.7 Å². The van der Waals surface area contributed by atoms with Gasteiger partial charge < -0.3 is 10.6 Å². The molecule has 2 aliphatic carbocycles. The molecule has 2 atom stereocenters. The normalized spacial score (nSPS) is 36.5. The lowest BCUT2D eigenvalue weighted by Gasteiger charge is -2.39. The molecule has 0 aromatic rings. The predicted molar refractivity (Wildman–Crippen MR) is 75.6 cm³/mol. The van der Waals surface area contributed by atoms with Gasteiger partial charge in [0.05, 0.1) is 0 Å². The van der Waals surface area contributed by atoms with E-state index < -0.39 is 0 Å². The van der Waals surface area contributed by atoms with Gasteiger partial charge in [-0.15, -0.1) is 0 Å². The molecule has 1 saturated heterocycles. The molecule has 3 rings (SSSR count). The summed E-state index contributed by atoms with van der Waals surface area (Å²) in [6, 6.07) is 1.40. The Bertz CT molecular complexity index is 254. The zero-order chi connectivity index (χ0) is 12.4. The van der Waals surface area contributed by atoms with Gasteiger partial charge in [-0.05, 0) is 31.6 Å². The average Bonchev–Trinajstić information content (AvgIpc) is 3.03. The van der Waals surface area contributed by atoms with Crippen LogP contribution in [0.1, 0.15) is 44.9 Å². The summed E-state index contributed by atoms with van der Waals surface area (Å²) in [5, 5.41) is 0. The van der Waals surface area contributed by atoms with Gasteiger partial charge in [0.15, 0.2) is 0 Å². The highest BCUT2D eigenvalue weighted by molar-refractivity contribution is 4.86. The van der Waals surface area contributed by atoms with Crippen molar-refractivity contribution in [2.45, 2.75) is 57.0 Å². The fraction of sp³-hybridized carbons (Fsp3) is 1.00. The standard InChI is InChI=1S/C15H29N3/c16-15-7-3-4-13(15)12-17-8-10-18(11-9-17)14-5-1-2-6-14/h13-15H,1-12,16H2. The molecule has 1 heterocycles. The Balaban J connectivity index is 1.42. The number of rotatable bonds is 3. The Morgan fingerprint density at radius 2 is 1.56 bits per heavy atom. The molecule has 0 bridgehead atoms. The van der Waals surface area contributed by atoms with E-state index in [0.717, 1.165) is 12.0 Å². The van der Waals surface area contributed by atoms with E-state index >= 15 is 0 Å². The van der Waals surface area contributed by atoms with E-state index in [0.29, 0.717) is 6.04 Å². The Kier molecular flexibility index (Phi) is 4.22. The van der Waals surface area contributed by atoms with Crippen LogP contribution in [0.2, 0.25) is 0 Å². The highest BCUT2D eigenvalue weighted by Gasteiger charge is 2.29. The molecule has 3 nitrogen and oxygen atoms in total. The highest BCUT2D eigenvalue weighted by Crippen LogP contribution is 2.27. The van der Waals surface area contributed by atoms with Gasteiger partial charge in [-0.3, -0.25) is 4.90 Å². The minimum atomic E-state index is 0.484. The first kappa shape index (κ1) is 12.9. The second-order valence-electron chi connectivity index (χ2n) is 6.63. The van der Waals surface area contributed by atoms with Crippen molar-refractivity contribution in [1.82, 2.24) is 9.80 Å². The molecule has 2 N–H and O–H groups in total. The van der Waals surface area contributed by atoms with E-state index in [1.807, 2.05) is 0 Å². The van der Waals surface area contributed by atoms with Gasteiger partial charge in [-0.25, -0.2) is 0 Å². The van der Waals surface area contributed by atoms with Crippen molar-refractivity contribution >= 4 is 0 Å². The fourth-order valence-electron chi connectivity index (χ4n) is 4.20. The Morgan fingerprint density at radius 3 is 2.17 bits per heavy atom. The smallest absolute Gasteiger partial charge is 0.0113 e. The van der Waals surface area contributed by atoms with Crippen molar-refractivity contribution in [3.63, 3.8) is 0 Å². The van der Waals surface area contributed by atoms with Crippen LogP contribution < -0.4 is 5.73 Å². The molecule has 0 radical (unpaired) electrons. The van der Waals surface area contributed by atoms with Crippen LogP contribution in [0, 0.1) is 5.92 Å².